The number of fused-ring (bicyclic) bond motifs is 3. The monoisotopic (exact) mass is 197 g/mol. The second-order valence-electron chi connectivity index (χ2n) is 4.67. The van der Waals surface area contributed by atoms with Gasteiger partial charge in [-0.25, -0.2) is 0 Å². The fourth-order valence-corrected chi connectivity index (χ4v) is 3.19. The van der Waals surface area contributed by atoms with E-state index >= 15 is 0 Å². The van der Waals surface area contributed by atoms with Gasteiger partial charge >= 0.3 is 5.97 Å². The molecule has 1 aliphatic carbocycles. The fraction of sp³-hybridized carbons (Fsp3) is 0.909. The van der Waals surface area contributed by atoms with Crippen LogP contribution in [0, 0.1) is 11.8 Å². The van der Waals surface area contributed by atoms with Crippen molar-refractivity contribution in [3.05, 3.63) is 0 Å². The number of carboxylic acid groups (broad SMARTS) is 1. The molecular weight excluding hydrogens is 178 g/mol. The van der Waals surface area contributed by atoms with Crippen LogP contribution in [0.4, 0.5) is 0 Å². The van der Waals surface area contributed by atoms with Crippen LogP contribution >= 0.6 is 0 Å². The molecule has 80 valence electrons. The summed E-state index contributed by atoms with van der Waals surface area (Å²) in [5.74, 6) is 0.482. The number of aliphatic carboxylic acids is 1. The number of nitrogens with zero attached hydrogens (tertiary/aromatic N) is 1. The molecule has 3 nitrogen and oxygen atoms in total. The molecule has 2 aliphatic heterocycles. The summed E-state index contributed by atoms with van der Waals surface area (Å²) in [6.07, 6.45) is 4.04. The lowest BCUT2D eigenvalue weighted by atomic mass is 9.71. The lowest BCUT2D eigenvalue weighted by Gasteiger charge is -2.49. The van der Waals surface area contributed by atoms with Crippen LogP contribution in [0.5, 0.6) is 0 Å². The van der Waals surface area contributed by atoms with Crippen LogP contribution in [0.15, 0.2) is 0 Å². The summed E-state index contributed by atoms with van der Waals surface area (Å²) >= 11 is 0. The van der Waals surface area contributed by atoms with E-state index in [-0.39, 0.29) is 0 Å². The Morgan fingerprint density at radius 1 is 1.50 bits per heavy atom. The second-order valence-corrected chi connectivity index (χ2v) is 4.67. The standard InChI is InChI=1S/C11H19NO2/c1-2-12-7-8-3-4-10(12)5-9(8)6-11(13)14/h8-10H,2-7H2,1H3,(H,13,14). The molecule has 3 unspecified atom stereocenters. The van der Waals surface area contributed by atoms with E-state index in [1.165, 1.54) is 12.8 Å². The average molecular weight is 197 g/mol. The van der Waals surface area contributed by atoms with Crippen LogP contribution in [0.25, 0.3) is 0 Å². The first-order valence-electron chi connectivity index (χ1n) is 5.66. The summed E-state index contributed by atoms with van der Waals surface area (Å²) in [6.45, 7) is 4.47. The molecule has 3 rings (SSSR count). The third kappa shape index (κ3) is 1.78. The van der Waals surface area contributed by atoms with Crippen LogP contribution in [0.2, 0.25) is 0 Å². The van der Waals surface area contributed by atoms with Crippen molar-refractivity contribution < 1.29 is 9.90 Å². The van der Waals surface area contributed by atoms with E-state index in [2.05, 4.69) is 11.8 Å². The third-order valence-electron chi connectivity index (χ3n) is 3.94. The molecule has 0 aromatic rings. The van der Waals surface area contributed by atoms with Gasteiger partial charge in [-0.05, 0) is 37.6 Å². The Bertz CT molecular complexity index is 229. The van der Waals surface area contributed by atoms with E-state index in [9.17, 15) is 4.79 Å². The smallest absolute Gasteiger partial charge is 0.303 e. The highest BCUT2D eigenvalue weighted by Crippen LogP contribution is 2.40. The molecule has 1 saturated carbocycles. The molecule has 2 bridgehead atoms. The summed E-state index contributed by atoms with van der Waals surface area (Å²) in [7, 11) is 0. The van der Waals surface area contributed by atoms with Crippen LogP contribution in [0.3, 0.4) is 0 Å². The van der Waals surface area contributed by atoms with E-state index in [0.29, 0.717) is 24.3 Å². The Kier molecular flexibility index (Phi) is 2.77. The van der Waals surface area contributed by atoms with Crippen molar-refractivity contribution in [2.24, 2.45) is 11.8 Å². The van der Waals surface area contributed by atoms with Gasteiger partial charge < -0.3 is 10.0 Å². The van der Waals surface area contributed by atoms with E-state index in [1.54, 1.807) is 0 Å². The highest BCUT2D eigenvalue weighted by atomic mass is 16.4. The number of piperidine rings is 2. The minimum absolute atomic E-state index is 0.388. The van der Waals surface area contributed by atoms with Crippen LogP contribution in [0.1, 0.15) is 32.6 Å². The predicted octanol–water partition coefficient (Wildman–Crippen LogP) is 1.58. The molecule has 3 fully saturated rings. The molecule has 2 heterocycles. The van der Waals surface area contributed by atoms with Gasteiger partial charge in [0.1, 0.15) is 0 Å². The van der Waals surface area contributed by atoms with Gasteiger partial charge in [0.2, 0.25) is 0 Å². The molecular formula is C11H19NO2. The van der Waals surface area contributed by atoms with Gasteiger partial charge in [0.25, 0.3) is 0 Å². The number of hydrogen-bond acceptors (Lipinski definition) is 2. The van der Waals surface area contributed by atoms with Crippen molar-refractivity contribution in [3.63, 3.8) is 0 Å². The van der Waals surface area contributed by atoms with Crippen molar-refractivity contribution in [1.29, 1.82) is 0 Å². The van der Waals surface area contributed by atoms with Gasteiger partial charge in [-0.2, -0.15) is 0 Å². The zero-order valence-electron chi connectivity index (χ0n) is 8.78. The Balaban J connectivity index is 1.97. The molecule has 3 heteroatoms. The highest BCUT2D eigenvalue weighted by molar-refractivity contribution is 5.67. The van der Waals surface area contributed by atoms with Crippen molar-refractivity contribution in [3.8, 4) is 0 Å². The first-order chi connectivity index (χ1) is 6.70. The van der Waals surface area contributed by atoms with Gasteiger partial charge in [-0.1, -0.05) is 6.92 Å². The summed E-state index contributed by atoms with van der Waals surface area (Å²) in [5, 5.41) is 8.80. The Labute approximate surface area is 85.1 Å². The predicted molar refractivity (Wildman–Crippen MR) is 54.1 cm³/mol. The minimum atomic E-state index is -0.620. The molecule has 2 saturated heterocycles. The largest absolute Gasteiger partial charge is 0.481 e. The molecule has 0 aromatic carbocycles. The number of carbonyl (C=O) groups is 1. The van der Waals surface area contributed by atoms with E-state index in [1.807, 2.05) is 0 Å². The molecule has 1 N–H and O–H groups in total. The maximum atomic E-state index is 10.7. The van der Waals surface area contributed by atoms with Gasteiger partial charge in [-0.3, -0.25) is 4.79 Å². The number of carboxylic acids is 1. The van der Waals surface area contributed by atoms with Gasteiger partial charge in [0.05, 0.1) is 0 Å². The van der Waals surface area contributed by atoms with Crippen molar-refractivity contribution in [1.82, 2.24) is 4.90 Å². The normalized spacial score (nSPS) is 37.4. The van der Waals surface area contributed by atoms with E-state index in [4.69, 9.17) is 5.11 Å². The maximum absolute atomic E-state index is 10.7. The van der Waals surface area contributed by atoms with Crippen LogP contribution in [-0.2, 0) is 4.79 Å². The van der Waals surface area contributed by atoms with Gasteiger partial charge in [-0.15, -0.1) is 0 Å². The zero-order chi connectivity index (χ0) is 10.1. The summed E-state index contributed by atoms with van der Waals surface area (Å²) in [4.78, 5) is 13.2. The van der Waals surface area contributed by atoms with Crippen molar-refractivity contribution in [2.75, 3.05) is 13.1 Å². The highest BCUT2D eigenvalue weighted by Gasteiger charge is 2.40. The maximum Gasteiger partial charge on any atom is 0.303 e. The van der Waals surface area contributed by atoms with E-state index < -0.39 is 5.97 Å². The molecule has 14 heavy (non-hydrogen) atoms. The van der Waals surface area contributed by atoms with E-state index in [0.717, 1.165) is 19.5 Å². The zero-order valence-corrected chi connectivity index (χ0v) is 8.78. The molecule has 0 amide bonds. The molecule has 0 spiro atoms. The van der Waals surface area contributed by atoms with Crippen molar-refractivity contribution in [2.45, 2.75) is 38.6 Å². The summed E-state index contributed by atoms with van der Waals surface area (Å²) in [6, 6.07) is 0.675. The number of rotatable bonds is 3. The first-order valence-corrected chi connectivity index (χ1v) is 5.66. The lowest BCUT2D eigenvalue weighted by molar-refractivity contribution is -0.140. The Morgan fingerprint density at radius 3 is 2.79 bits per heavy atom. The van der Waals surface area contributed by atoms with Gasteiger partial charge in [0, 0.05) is 19.0 Å². The first kappa shape index (κ1) is 9.97. The molecule has 3 aliphatic rings. The quantitative estimate of drug-likeness (QED) is 0.746. The Hall–Kier alpha value is -0.570. The SMILES string of the molecule is CCN1CC2CCC1CC2CC(=O)O. The topological polar surface area (TPSA) is 40.5 Å². The van der Waals surface area contributed by atoms with Crippen molar-refractivity contribution >= 4 is 5.97 Å². The molecule has 0 aromatic heterocycles. The molecule has 0 radical (unpaired) electrons. The third-order valence-corrected chi connectivity index (χ3v) is 3.94. The second kappa shape index (κ2) is 3.89. The van der Waals surface area contributed by atoms with Gasteiger partial charge in [0.15, 0.2) is 0 Å². The molecule has 3 atom stereocenters. The van der Waals surface area contributed by atoms with Crippen LogP contribution < -0.4 is 0 Å². The average Bonchev–Trinajstić information content (AvgIpc) is 2.17. The number of hydrogen-bond donors (Lipinski definition) is 1. The fourth-order valence-electron chi connectivity index (χ4n) is 3.19. The lowest BCUT2D eigenvalue weighted by Crippen LogP contribution is -2.52. The van der Waals surface area contributed by atoms with Crippen LogP contribution in [-0.4, -0.2) is 35.1 Å². The Morgan fingerprint density at radius 2 is 2.29 bits per heavy atom. The summed E-state index contributed by atoms with van der Waals surface area (Å²) in [5.41, 5.74) is 0. The summed E-state index contributed by atoms with van der Waals surface area (Å²) < 4.78 is 0. The minimum Gasteiger partial charge on any atom is -0.481 e.